The first kappa shape index (κ1) is 16.5. The Kier molecular flexibility index (Phi) is 4.76. The molecule has 1 atom stereocenters. The van der Waals surface area contributed by atoms with Gasteiger partial charge in [0.25, 0.3) is 0 Å². The first-order valence-electron chi connectivity index (χ1n) is 7.66. The van der Waals surface area contributed by atoms with Crippen LogP contribution in [0.25, 0.3) is 0 Å². The van der Waals surface area contributed by atoms with E-state index in [0.29, 0.717) is 26.1 Å². The summed E-state index contributed by atoms with van der Waals surface area (Å²) in [5.41, 5.74) is -0.787. The predicted molar refractivity (Wildman–Crippen MR) is 84.6 cm³/mol. The van der Waals surface area contributed by atoms with Gasteiger partial charge in [0.2, 0.25) is 0 Å². The molecule has 1 aliphatic heterocycles. The van der Waals surface area contributed by atoms with Crippen molar-refractivity contribution in [1.82, 2.24) is 10.2 Å². The van der Waals surface area contributed by atoms with Crippen LogP contribution in [-0.4, -0.2) is 52.6 Å². The molecule has 21 heavy (non-hydrogen) atoms. The van der Waals surface area contributed by atoms with E-state index < -0.39 is 11.4 Å². The Morgan fingerprint density at radius 1 is 1.33 bits per heavy atom. The van der Waals surface area contributed by atoms with Crippen molar-refractivity contribution in [2.45, 2.75) is 44.3 Å². The van der Waals surface area contributed by atoms with Crippen molar-refractivity contribution in [1.29, 1.82) is 0 Å². The number of aliphatic carboxylic acids is 1. The van der Waals surface area contributed by atoms with Crippen LogP contribution in [0.4, 0.5) is 4.79 Å². The molecule has 2 rings (SSSR count). The first-order chi connectivity index (χ1) is 9.85. The fourth-order valence-electron chi connectivity index (χ4n) is 3.27. The monoisotopic (exact) mass is 314 g/mol. The lowest BCUT2D eigenvalue weighted by Crippen LogP contribution is -2.49. The normalized spacial score (nSPS) is 27.5. The molecule has 1 heterocycles. The highest BCUT2D eigenvalue weighted by Crippen LogP contribution is 2.42. The van der Waals surface area contributed by atoms with Gasteiger partial charge in [0.1, 0.15) is 0 Å². The van der Waals surface area contributed by atoms with Gasteiger partial charge in [-0.1, -0.05) is 20.3 Å². The lowest BCUT2D eigenvalue weighted by atomic mass is 9.76. The summed E-state index contributed by atoms with van der Waals surface area (Å²) in [6.07, 6.45) is 6.17. The molecule has 2 fully saturated rings. The number of amides is 2. The molecule has 1 saturated heterocycles. The van der Waals surface area contributed by atoms with Crippen molar-refractivity contribution in [3.8, 4) is 0 Å². The van der Waals surface area contributed by atoms with Gasteiger partial charge >= 0.3 is 12.0 Å². The largest absolute Gasteiger partial charge is 0.481 e. The van der Waals surface area contributed by atoms with Crippen LogP contribution >= 0.6 is 11.8 Å². The number of nitrogens with one attached hydrogen (secondary N) is 1. The van der Waals surface area contributed by atoms with Crippen molar-refractivity contribution in [3.05, 3.63) is 0 Å². The Morgan fingerprint density at radius 3 is 2.38 bits per heavy atom. The molecule has 6 heteroatoms. The molecule has 2 aliphatic rings. The summed E-state index contributed by atoms with van der Waals surface area (Å²) in [5, 5.41) is 12.5. The predicted octanol–water partition coefficient (Wildman–Crippen LogP) is 2.41. The number of carbonyl (C=O) groups is 2. The second-order valence-corrected chi connectivity index (χ2v) is 7.96. The van der Waals surface area contributed by atoms with E-state index in [-0.39, 0.29) is 16.7 Å². The Morgan fingerprint density at radius 2 is 2.00 bits per heavy atom. The van der Waals surface area contributed by atoms with E-state index in [2.05, 4.69) is 11.6 Å². The number of carbonyl (C=O) groups excluding carboxylic acids is 1. The second-order valence-electron chi connectivity index (χ2n) is 6.69. The molecule has 1 unspecified atom stereocenters. The highest BCUT2D eigenvalue weighted by atomic mass is 32.2. The fourth-order valence-corrected chi connectivity index (χ4v) is 4.19. The van der Waals surface area contributed by atoms with Gasteiger partial charge in [-0.05, 0) is 31.4 Å². The van der Waals surface area contributed by atoms with E-state index in [1.807, 2.05) is 25.6 Å². The summed E-state index contributed by atoms with van der Waals surface area (Å²) in [5.74, 6) is -0.760. The minimum absolute atomic E-state index is 0.0250. The summed E-state index contributed by atoms with van der Waals surface area (Å²) in [7, 11) is 0. The van der Waals surface area contributed by atoms with Gasteiger partial charge in [0, 0.05) is 24.4 Å². The lowest BCUT2D eigenvalue weighted by molar-refractivity contribution is -0.150. The maximum absolute atomic E-state index is 12.3. The molecule has 120 valence electrons. The molecule has 0 spiro atoms. The number of carboxylic acid groups (broad SMARTS) is 1. The first-order valence-corrected chi connectivity index (χ1v) is 8.89. The van der Waals surface area contributed by atoms with E-state index in [9.17, 15) is 14.7 Å². The van der Waals surface area contributed by atoms with Crippen molar-refractivity contribution in [2.75, 3.05) is 25.9 Å². The number of likely N-dealkylation sites (tertiary alicyclic amines) is 1. The van der Waals surface area contributed by atoms with Gasteiger partial charge < -0.3 is 15.3 Å². The fraction of sp³-hybridized carbons (Fsp3) is 0.867. The number of carboxylic acids is 1. The molecule has 1 saturated carbocycles. The van der Waals surface area contributed by atoms with Gasteiger partial charge in [-0.2, -0.15) is 11.8 Å². The zero-order valence-electron chi connectivity index (χ0n) is 13.1. The summed E-state index contributed by atoms with van der Waals surface area (Å²) in [6.45, 7) is 5.38. The summed E-state index contributed by atoms with van der Waals surface area (Å²) in [4.78, 5) is 25.6. The topological polar surface area (TPSA) is 69.6 Å². The van der Waals surface area contributed by atoms with Crippen molar-refractivity contribution >= 4 is 23.8 Å². The highest BCUT2D eigenvalue weighted by Gasteiger charge is 2.48. The van der Waals surface area contributed by atoms with Crippen molar-refractivity contribution in [2.24, 2.45) is 11.3 Å². The summed E-state index contributed by atoms with van der Waals surface area (Å²) < 4.78 is 0.206. The molecule has 0 aromatic rings. The van der Waals surface area contributed by atoms with Crippen LogP contribution in [0.5, 0.6) is 0 Å². The second kappa shape index (κ2) is 6.07. The molecule has 5 nitrogen and oxygen atoms in total. The van der Waals surface area contributed by atoms with Crippen LogP contribution in [0, 0.1) is 11.3 Å². The van der Waals surface area contributed by atoms with Crippen LogP contribution in [0.2, 0.25) is 0 Å². The smallest absolute Gasteiger partial charge is 0.317 e. The Hall–Kier alpha value is -0.910. The van der Waals surface area contributed by atoms with Crippen LogP contribution in [0.15, 0.2) is 0 Å². The van der Waals surface area contributed by atoms with E-state index >= 15 is 0 Å². The number of rotatable bonds is 5. The number of hydrogen-bond donors (Lipinski definition) is 2. The van der Waals surface area contributed by atoms with Gasteiger partial charge in [-0.25, -0.2) is 4.79 Å². The standard InChI is InChI=1S/C15H26N2O3S/c1-11(2)15(12(18)19)7-8-17(10-15)13(20)16-9-14(21-3)5-4-6-14/h11H,4-10H2,1-3H3,(H,16,20)(H,18,19). The van der Waals surface area contributed by atoms with Crippen LogP contribution in [0.3, 0.4) is 0 Å². The van der Waals surface area contributed by atoms with Gasteiger partial charge in [-0.3, -0.25) is 4.79 Å². The molecule has 0 aromatic heterocycles. The minimum atomic E-state index is -0.787. The minimum Gasteiger partial charge on any atom is -0.481 e. The Balaban J connectivity index is 1.91. The molecule has 0 radical (unpaired) electrons. The average Bonchev–Trinajstić information content (AvgIpc) is 2.84. The third-order valence-corrected chi connectivity index (χ3v) is 6.80. The zero-order chi connectivity index (χ0) is 15.7. The quantitative estimate of drug-likeness (QED) is 0.817. The SMILES string of the molecule is CSC1(CNC(=O)N2CCC(C(=O)O)(C(C)C)C2)CCC1. The number of thioether (sulfide) groups is 1. The molecule has 1 aliphatic carbocycles. The summed E-state index contributed by atoms with van der Waals surface area (Å²) >= 11 is 1.83. The van der Waals surface area contributed by atoms with E-state index in [0.717, 1.165) is 12.8 Å². The molecule has 2 amide bonds. The van der Waals surface area contributed by atoms with E-state index in [1.165, 1.54) is 6.42 Å². The third-order valence-electron chi connectivity index (χ3n) is 5.38. The van der Waals surface area contributed by atoms with Gasteiger partial charge in [-0.15, -0.1) is 0 Å². The maximum Gasteiger partial charge on any atom is 0.317 e. The molecule has 0 aromatic carbocycles. The number of nitrogens with zero attached hydrogens (tertiary/aromatic N) is 1. The van der Waals surface area contributed by atoms with Gasteiger partial charge in [0.05, 0.1) is 5.41 Å². The molecular formula is C15H26N2O3S. The molecule has 2 N–H and O–H groups in total. The van der Waals surface area contributed by atoms with Crippen LogP contribution in [-0.2, 0) is 4.79 Å². The average molecular weight is 314 g/mol. The van der Waals surface area contributed by atoms with Crippen molar-refractivity contribution < 1.29 is 14.7 Å². The molecular weight excluding hydrogens is 288 g/mol. The molecule has 0 bridgehead atoms. The van der Waals surface area contributed by atoms with Crippen LogP contribution in [0.1, 0.15) is 39.5 Å². The highest BCUT2D eigenvalue weighted by molar-refractivity contribution is 8.00. The zero-order valence-corrected chi connectivity index (χ0v) is 14.0. The Labute approximate surface area is 130 Å². The van der Waals surface area contributed by atoms with E-state index in [4.69, 9.17) is 0 Å². The Bertz CT molecular complexity index is 418. The van der Waals surface area contributed by atoms with E-state index in [1.54, 1.807) is 4.90 Å². The van der Waals surface area contributed by atoms with Crippen LogP contribution < -0.4 is 5.32 Å². The van der Waals surface area contributed by atoms with Gasteiger partial charge in [0.15, 0.2) is 0 Å². The van der Waals surface area contributed by atoms with Crippen molar-refractivity contribution in [3.63, 3.8) is 0 Å². The summed E-state index contributed by atoms with van der Waals surface area (Å²) in [6, 6.07) is -0.112. The number of hydrogen-bond acceptors (Lipinski definition) is 3. The lowest BCUT2D eigenvalue weighted by Gasteiger charge is -2.40. The third kappa shape index (κ3) is 3.00. The maximum atomic E-state index is 12.3. The number of urea groups is 1.